The first-order valence-corrected chi connectivity index (χ1v) is 15.6. The molecule has 2 aliphatic rings. The van der Waals surface area contributed by atoms with Crippen molar-refractivity contribution < 1.29 is 23.4 Å². The lowest BCUT2D eigenvalue weighted by atomic mass is 9.69. The van der Waals surface area contributed by atoms with E-state index in [-0.39, 0.29) is 74.5 Å². The number of nitrogens with two attached hydrogens (primary N) is 1. The number of rotatable bonds is 6. The molecule has 3 heterocycles. The summed E-state index contributed by atoms with van der Waals surface area (Å²) in [4.78, 5) is 36.9. The van der Waals surface area contributed by atoms with E-state index < -0.39 is 28.6 Å². The zero-order valence-corrected chi connectivity index (χ0v) is 25.7. The van der Waals surface area contributed by atoms with Gasteiger partial charge in [-0.3, -0.25) is 19.1 Å². The van der Waals surface area contributed by atoms with Crippen LogP contribution in [0.4, 0.5) is 14.5 Å². The van der Waals surface area contributed by atoms with Gasteiger partial charge in [0.25, 0.3) is 5.56 Å². The number of aliphatic hydroxyl groups is 1. The van der Waals surface area contributed by atoms with Crippen molar-refractivity contribution in [3.8, 4) is 23.5 Å². The number of nitrogens with zero attached hydrogens (tertiary/aromatic N) is 4. The van der Waals surface area contributed by atoms with Crippen molar-refractivity contribution in [2.24, 2.45) is 5.92 Å². The van der Waals surface area contributed by atoms with Gasteiger partial charge in [-0.05, 0) is 73.6 Å². The molecule has 0 radical (unpaired) electrons. The maximum absolute atomic E-state index is 16.2. The summed E-state index contributed by atoms with van der Waals surface area (Å²) in [6.07, 6.45) is 5.50. The number of hydrogen-bond acceptors (Lipinski definition) is 7. The minimum atomic E-state index is -1.75. The molecule has 3 N–H and O–H groups in total. The predicted molar refractivity (Wildman–Crippen MR) is 172 cm³/mol. The van der Waals surface area contributed by atoms with E-state index in [1.54, 1.807) is 29.4 Å². The minimum absolute atomic E-state index is 0.0715. The second-order valence-corrected chi connectivity index (χ2v) is 12.3. The fourth-order valence-electron chi connectivity index (χ4n) is 6.41. The number of aromatic nitrogens is 3. The van der Waals surface area contributed by atoms with Gasteiger partial charge in [-0.2, -0.15) is 0 Å². The number of halogens is 2. The molecular weight excluding hydrogens is 604 g/mol. The topological polar surface area (TPSA) is 124 Å². The average molecular weight is 640 g/mol. The third kappa shape index (κ3) is 7.34. The standard InChI is InChI=1S/C36H35F2N5O4/c37-27-8-10-28(11-9-27)47-32-31(39)34(45)43(24-41-32)23-36(46)16-19-42(20-17-36)33(44)29-13-15-35(38,14-12-25-5-4-18-40-22-25)21-30(29)26-6-2-1-3-7-26/h1-11,18,22,24,29-30,46H,13,15-17,19-21,23,39H2/t29-,30+,35-/m1/s1. The highest BCUT2D eigenvalue weighted by atomic mass is 19.1. The third-order valence-electron chi connectivity index (χ3n) is 9.05. The molecule has 2 aromatic carbocycles. The Hall–Kier alpha value is -5.08. The highest BCUT2D eigenvalue weighted by molar-refractivity contribution is 5.80. The van der Waals surface area contributed by atoms with Crippen LogP contribution in [-0.2, 0) is 11.3 Å². The highest BCUT2D eigenvalue weighted by Crippen LogP contribution is 2.45. The Balaban J connectivity index is 1.12. The summed E-state index contributed by atoms with van der Waals surface area (Å²) >= 11 is 0. The Morgan fingerprint density at radius 2 is 1.81 bits per heavy atom. The molecule has 1 saturated carbocycles. The summed E-state index contributed by atoms with van der Waals surface area (Å²) in [6, 6.07) is 18.3. The number of ether oxygens (including phenoxy) is 1. The van der Waals surface area contributed by atoms with Crippen LogP contribution in [0, 0.1) is 23.6 Å². The van der Waals surface area contributed by atoms with Crippen LogP contribution in [0.25, 0.3) is 0 Å². The smallest absolute Gasteiger partial charge is 0.280 e. The minimum Gasteiger partial charge on any atom is -0.437 e. The zero-order chi connectivity index (χ0) is 33.0. The van der Waals surface area contributed by atoms with Gasteiger partial charge in [0.2, 0.25) is 11.8 Å². The maximum atomic E-state index is 16.2. The molecule has 2 aromatic heterocycles. The van der Waals surface area contributed by atoms with Crippen LogP contribution >= 0.6 is 0 Å². The van der Waals surface area contributed by atoms with Gasteiger partial charge in [-0.15, -0.1) is 0 Å². The van der Waals surface area contributed by atoms with Crippen LogP contribution in [-0.4, -0.2) is 54.8 Å². The molecule has 1 aliphatic carbocycles. The Morgan fingerprint density at radius 1 is 1.06 bits per heavy atom. The lowest BCUT2D eigenvalue weighted by molar-refractivity contribution is -0.142. The number of alkyl halides is 1. The van der Waals surface area contributed by atoms with Gasteiger partial charge in [-0.1, -0.05) is 42.2 Å². The van der Waals surface area contributed by atoms with Gasteiger partial charge in [0.15, 0.2) is 11.4 Å². The highest BCUT2D eigenvalue weighted by Gasteiger charge is 2.46. The normalized spacial score (nSPS) is 22.1. The van der Waals surface area contributed by atoms with Crippen molar-refractivity contribution >= 4 is 11.6 Å². The molecule has 11 heteroatoms. The zero-order valence-electron chi connectivity index (χ0n) is 25.7. The first kappa shape index (κ1) is 31.9. The van der Waals surface area contributed by atoms with Crippen molar-refractivity contribution in [2.45, 2.75) is 55.8 Å². The Bertz CT molecular complexity index is 1830. The molecule has 242 valence electrons. The molecule has 0 unspecified atom stereocenters. The Kier molecular flexibility index (Phi) is 9.05. The summed E-state index contributed by atoms with van der Waals surface area (Å²) in [7, 11) is 0. The van der Waals surface area contributed by atoms with Crippen molar-refractivity contribution in [3.63, 3.8) is 0 Å². The average Bonchev–Trinajstić information content (AvgIpc) is 3.09. The molecule has 0 spiro atoms. The van der Waals surface area contributed by atoms with Gasteiger partial charge in [0, 0.05) is 43.4 Å². The van der Waals surface area contributed by atoms with E-state index in [1.807, 2.05) is 30.3 Å². The van der Waals surface area contributed by atoms with Gasteiger partial charge >= 0.3 is 0 Å². The van der Waals surface area contributed by atoms with Crippen LogP contribution in [0.2, 0.25) is 0 Å². The van der Waals surface area contributed by atoms with Crippen LogP contribution in [0.5, 0.6) is 11.6 Å². The van der Waals surface area contributed by atoms with Crippen molar-refractivity contribution in [2.75, 3.05) is 18.8 Å². The van der Waals surface area contributed by atoms with E-state index in [9.17, 15) is 19.1 Å². The second kappa shape index (κ2) is 13.3. The summed E-state index contributed by atoms with van der Waals surface area (Å²) in [6.45, 7) is 0.481. The summed E-state index contributed by atoms with van der Waals surface area (Å²) < 4.78 is 36.2. The van der Waals surface area contributed by atoms with E-state index in [1.165, 1.54) is 35.2 Å². The fourth-order valence-corrected chi connectivity index (χ4v) is 6.41. The molecule has 9 nitrogen and oxygen atoms in total. The fraction of sp³-hybridized carbons (Fsp3) is 0.333. The number of carbonyl (C=O) groups excluding carboxylic acids is 1. The van der Waals surface area contributed by atoms with Gasteiger partial charge < -0.3 is 20.5 Å². The predicted octanol–water partition coefficient (Wildman–Crippen LogP) is 4.85. The summed E-state index contributed by atoms with van der Waals surface area (Å²) in [5.74, 6) is 4.58. The molecule has 3 atom stereocenters. The van der Waals surface area contributed by atoms with Crippen LogP contribution in [0.15, 0.2) is 90.2 Å². The van der Waals surface area contributed by atoms with E-state index >= 15 is 4.39 Å². The second-order valence-electron chi connectivity index (χ2n) is 12.3. The molecule has 1 amide bonds. The number of hydrogen-bond donors (Lipinski definition) is 2. The first-order valence-electron chi connectivity index (χ1n) is 15.6. The largest absolute Gasteiger partial charge is 0.437 e. The number of nitrogen functional groups attached to an aromatic ring is 1. The monoisotopic (exact) mass is 639 g/mol. The molecule has 4 aromatic rings. The van der Waals surface area contributed by atoms with E-state index in [0.717, 1.165) is 5.56 Å². The number of benzene rings is 2. The number of amides is 1. The van der Waals surface area contributed by atoms with Gasteiger partial charge in [-0.25, -0.2) is 13.8 Å². The quantitative estimate of drug-likeness (QED) is 0.289. The SMILES string of the molecule is Nc1c(Oc2ccc(F)cc2)ncn(CC2(O)CCN(C(=O)[C@@H]3CC[C@](F)(C#Cc4cccnc4)C[C@H]3c3ccccc3)CC2)c1=O. The number of likely N-dealkylation sites (tertiary alicyclic amines) is 1. The van der Waals surface area contributed by atoms with E-state index in [2.05, 4.69) is 21.8 Å². The molecule has 2 fully saturated rings. The Morgan fingerprint density at radius 3 is 2.51 bits per heavy atom. The summed E-state index contributed by atoms with van der Waals surface area (Å²) in [5.41, 5.74) is 3.68. The number of anilines is 1. The van der Waals surface area contributed by atoms with E-state index in [0.29, 0.717) is 12.0 Å². The number of carbonyl (C=O) groups is 1. The molecule has 47 heavy (non-hydrogen) atoms. The molecule has 1 saturated heterocycles. The molecule has 6 rings (SSSR count). The number of pyridine rings is 1. The van der Waals surface area contributed by atoms with Crippen LogP contribution in [0.3, 0.4) is 0 Å². The van der Waals surface area contributed by atoms with Crippen LogP contribution in [0.1, 0.15) is 49.1 Å². The van der Waals surface area contributed by atoms with Crippen molar-refractivity contribution in [3.05, 3.63) is 113 Å². The molecule has 0 bridgehead atoms. The van der Waals surface area contributed by atoms with Crippen molar-refractivity contribution in [1.29, 1.82) is 0 Å². The lowest BCUT2D eigenvalue weighted by Gasteiger charge is -2.43. The lowest BCUT2D eigenvalue weighted by Crippen LogP contribution is -2.52. The van der Waals surface area contributed by atoms with Gasteiger partial charge in [0.05, 0.1) is 12.1 Å². The summed E-state index contributed by atoms with van der Waals surface area (Å²) in [5, 5.41) is 11.4. The third-order valence-corrected chi connectivity index (χ3v) is 9.05. The number of piperidine rings is 1. The molecular formula is C36H35F2N5O4. The van der Waals surface area contributed by atoms with Crippen molar-refractivity contribution in [1.82, 2.24) is 19.4 Å². The van der Waals surface area contributed by atoms with Crippen LogP contribution < -0.4 is 16.0 Å². The Labute approximate surface area is 271 Å². The maximum Gasteiger partial charge on any atom is 0.280 e. The molecule has 1 aliphatic heterocycles. The van der Waals surface area contributed by atoms with Gasteiger partial charge in [0.1, 0.15) is 17.9 Å². The first-order chi connectivity index (χ1) is 22.6. The van der Waals surface area contributed by atoms with E-state index in [4.69, 9.17) is 10.5 Å².